The zero-order valence-corrected chi connectivity index (χ0v) is 9.58. The second-order valence-electron chi connectivity index (χ2n) is 4.02. The minimum Gasteiger partial charge on any atom is -0.203 e. The van der Waals surface area contributed by atoms with E-state index in [9.17, 15) is 17.6 Å². The highest BCUT2D eigenvalue weighted by molar-refractivity contribution is 6.15. The second kappa shape index (κ2) is 4.55. The molecule has 0 fully saturated rings. The Hall–Kier alpha value is -1.26. The van der Waals surface area contributed by atoms with Crippen molar-refractivity contribution in [1.82, 2.24) is 0 Å². The third kappa shape index (κ3) is 2.10. The Morgan fingerprint density at radius 3 is 1.82 bits per heavy atom. The maximum Gasteiger partial charge on any atom is 0.169 e. The molecule has 2 radical (unpaired) electrons. The molecule has 0 aliphatic heterocycles. The molecule has 1 aromatic rings. The second-order valence-corrected chi connectivity index (χ2v) is 4.02. The lowest BCUT2D eigenvalue weighted by molar-refractivity contribution is 0.415. The fourth-order valence-corrected chi connectivity index (χ4v) is 1.51. The summed E-state index contributed by atoms with van der Waals surface area (Å²) < 4.78 is 54.2. The fourth-order valence-electron chi connectivity index (χ4n) is 1.51. The average molecular weight is 242 g/mol. The van der Waals surface area contributed by atoms with Gasteiger partial charge in [0.2, 0.25) is 0 Å². The molecule has 0 bridgehead atoms. The lowest BCUT2D eigenvalue weighted by Gasteiger charge is -2.25. The zero-order chi connectivity index (χ0) is 13.4. The molecule has 17 heavy (non-hydrogen) atoms. The Balaban J connectivity index is 3.71. The first kappa shape index (κ1) is 13.8. The van der Waals surface area contributed by atoms with Crippen molar-refractivity contribution in [3.8, 4) is 0 Å². The van der Waals surface area contributed by atoms with Crippen LogP contribution in [0.1, 0.15) is 31.4 Å². The SMILES string of the molecule is [B]C(C)(CC)c1c(F)c(F)c(C=C)c(F)c1F. The van der Waals surface area contributed by atoms with Crippen molar-refractivity contribution in [3.63, 3.8) is 0 Å². The van der Waals surface area contributed by atoms with E-state index in [0.717, 1.165) is 6.08 Å². The highest BCUT2D eigenvalue weighted by Gasteiger charge is 2.32. The van der Waals surface area contributed by atoms with Crippen molar-refractivity contribution in [3.05, 3.63) is 41.0 Å². The first-order chi connectivity index (χ1) is 7.77. The number of hydrogen-bond acceptors (Lipinski definition) is 0. The Bertz CT molecular complexity index is 437. The van der Waals surface area contributed by atoms with E-state index in [0.29, 0.717) is 0 Å². The van der Waals surface area contributed by atoms with Gasteiger partial charge in [-0.25, -0.2) is 17.6 Å². The van der Waals surface area contributed by atoms with Crippen LogP contribution in [0, 0.1) is 23.3 Å². The smallest absolute Gasteiger partial charge is 0.169 e. The molecule has 1 atom stereocenters. The van der Waals surface area contributed by atoms with Gasteiger partial charge in [-0.15, -0.1) is 0 Å². The van der Waals surface area contributed by atoms with E-state index in [1.807, 2.05) is 0 Å². The molecule has 1 unspecified atom stereocenters. The molecule has 5 heteroatoms. The summed E-state index contributed by atoms with van der Waals surface area (Å²) in [6.07, 6.45) is 0.855. The summed E-state index contributed by atoms with van der Waals surface area (Å²) in [6.45, 7) is 5.97. The molecule has 0 aromatic heterocycles. The summed E-state index contributed by atoms with van der Waals surface area (Å²) in [5.41, 5.74) is -1.60. The maximum absolute atomic E-state index is 13.7. The van der Waals surface area contributed by atoms with Crippen LogP contribution in [0.25, 0.3) is 6.08 Å². The Kier molecular flexibility index (Phi) is 3.70. The molecule has 90 valence electrons. The van der Waals surface area contributed by atoms with Gasteiger partial charge in [-0.3, -0.25) is 0 Å². The van der Waals surface area contributed by atoms with Crippen LogP contribution in [0.5, 0.6) is 0 Å². The molecule has 0 saturated carbocycles. The maximum atomic E-state index is 13.7. The van der Waals surface area contributed by atoms with Crippen LogP contribution in [-0.2, 0) is 5.31 Å². The van der Waals surface area contributed by atoms with Gasteiger partial charge in [-0.1, -0.05) is 32.9 Å². The number of rotatable bonds is 3. The van der Waals surface area contributed by atoms with Gasteiger partial charge in [-0.2, -0.15) is 0 Å². The van der Waals surface area contributed by atoms with Crippen LogP contribution in [0.4, 0.5) is 17.6 Å². The van der Waals surface area contributed by atoms with Crippen LogP contribution in [0.3, 0.4) is 0 Å². The van der Waals surface area contributed by atoms with Crippen molar-refractivity contribution in [2.45, 2.75) is 25.6 Å². The van der Waals surface area contributed by atoms with Gasteiger partial charge < -0.3 is 0 Å². The van der Waals surface area contributed by atoms with Crippen LogP contribution in [0.15, 0.2) is 6.58 Å². The third-order valence-electron chi connectivity index (χ3n) is 2.81. The molecule has 1 rings (SSSR count). The fraction of sp³-hybridized carbons (Fsp3) is 0.333. The molecule has 0 spiro atoms. The van der Waals surface area contributed by atoms with Gasteiger partial charge in [-0.05, 0) is 5.31 Å². The predicted octanol–water partition coefficient (Wildman–Crippen LogP) is 3.68. The molecule has 0 N–H and O–H groups in total. The standard InChI is InChI=1S/C12H11BF4/c1-4-6-8(14)10(16)7(11(17)9(6)15)12(3,13)5-2/h4H,1,5H2,2-3H3. The molecule has 0 amide bonds. The number of benzene rings is 1. The molecule has 1 aromatic carbocycles. The van der Waals surface area contributed by atoms with Gasteiger partial charge in [0.15, 0.2) is 23.3 Å². The largest absolute Gasteiger partial charge is 0.203 e. The number of hydrogen-bond donors (Lipinski definition) is 0. The van der Waals surface area contributed by atoms with Crippen molar-refractivity contribution >= 4 is 13.9 Å². The van der Waals surface area contributed by atoms with E-state index < -0.39 is 39.7 Å². The minimum atomic E-state index is -1.48. The normalized spacial score (nSPS) is 14.5. The lowest BCUT2D eigenvalue weighted by Crippen LogP contribution is -2.26. The van der Waals surface area contributed by atoms with E-state index >= 15 is 0 Å². The monoisotopic (exact) mass is 242 g/mol. The van der Waals surface area contributed by atoms with Crippen molar-refractivity contribution in [2.24, 2.45) is 0 Å². The number of halogens is 4. The van der Waals surface area contributed by atoms with Crippen molar-refractivity contribution in [2.75, 3.05) is 0 Å². The van der Waals surface area contributed by atoms with E-state index in [2.05, 4.69) is 6.58 Å². The van der Waals surface area contributed by atoms with E-state index in [-0.39, 0.29) is 6.42 Å². The quantitative estimate of drug-likeness (QED) is 0.431. The minimum absolute atomic E-state index is 0.132. The Labute approximate surface area is 98.7 Å². The van der Waals surface area contributed by atoms with E-state index in [4.69, 9.17) is 7.85 Å². The molecule has 0 aliphatic carbocycles. The summed E-state index contributed by atoms with van der Waals surface area (Å²) >= 11 is 0. The van der Waals surface area contributed by atoms with E-state index in [1.54, 1.807) is 6.92 Å². The molecular formula is C12H11BF4. The molecule has 0 aliphatic rings. The molecule has 0 nitrogen and oxygen atoms in total. The van der Waals surface area contributed by atoms with Crippen molar-refractivity contribution in [1.29, 1.82) is 0 Å². The van der Waals surface area contributed by atoms with Crippen molar-refractivity contribution < 1.29 is 17.6 Å². The summed E-state index contributed by atoms with van der Waals surface area (Å²) in [5.74, 6) is -5.88. The first-order valence-corrected chi connectivity index (χ1v) is 5.05. The van der Waals surface area contributed by atoms with Gasteiger partial charge in [0, 0.05) is 5.56 Å². The summed E-state index contributed by atoms with van der Waals surface area (Å²) in [5, 5.41) is -1.48. The Morgan fingerprint density at radius 2 is 1.53 bits per heavy atom. The summed E-state index contributed by atoms with van der Waals surface area (Å²) in [7, 11) is 5.63. The highest BCUT2D eigenvalue weighted by atomic mass is 19.2. The molecule has 0 heterocycles. The Morgan fingerprint density at radius 1 is 1.12 bits per heavy atom. The summed E-state index contributed by atoms with van der Waals surface area (Å²) in [4.78, 5) is 0. The van der Waals surface area contributed by atoms with Crippen LogP contribution in [0.2, 0.25) is 0 Å². The lowest BCUT2D eigenvalue weighted by atomic mass is 9.63. The average Bonchev–Trinajstić information content (AvgIpc) is 2.27. The van der Waals surface area contributed by atoms with Crippen LogP contribution >= 0.6 is 0 Å². The zero-order valence-electron chi connectivity index (χ0n) is 9.58. The van der Waals surface area contributed by atoms with Crippen LogP contribution in [-0.4, -0.2) is 7.85 Å². The van der Waals surface area contributed by atoms with Gasteiger partial charge in [0.1, 0.15) is 0 Å². The molecular weight excluding hydrogens is 231 g/mol. The first-order valence-electron chi connectivity index (χ1n) is 5.05. The van der Waals surface area contributed by atoms with Gasteiger partial charge in [0.05, 0.1) is 13.4 Å². The predicted molar refractivity (Wildman–Crippen MR) is 59.8 cm³/mol. The van der Waals surface area contributed by atoms with Crippen LogP contribution < -0.4 is 0 Å². The van der Waals surface area contributed by atoms with E-state index in [1.165, 1.54) is 6.92 Å². The highest BCUT2D eigenvalue weighted by Crippen LogP contribution is 2.33. The van der Waals surface area contributed by atoms with Gasteiger partial charge >= 0.3 is 0 Å². The molecule has 0 saturated heterocycles. The topological polar surface area (TPSA) is 0 Å². The summed E-state index contributed by atoms with van der Waals surface area (Å²) in [6, 6.07) is 0. The van der Waals surface area contributed by atoms with Gasteiger partial charge in [0.25, 0.3) is 0 Å². The third-order valence-corrected chi connectivity index (χ3v) is 2.81.